The molecule has 20 heavy (non-hydrogen) atoms. The van der Waals surface area contributed by atoms with E-state index in [0.717, 1.165) is 17.7 Å². The van der Waals surface area contributed by atoms with Crippen molar-refractivity contribution in [1.82, 2.24) is 9.97 Å². The van der Waals surface area contributed by atoms with Crippen LogP contribution in [-0.2, 0) is 6.42 Å². The Morgan fingerprint density at radius 2 is 2.20 bits per heavy atom. The molecule has 2 rings (SSSR count). The van der Waals surface area contributed by atoms with Gasteiger partial charge in [-0.3, -0.25) is 9.59 Å². The zero-order valence-electron chi connectivity index (χ0n) is 11.1. The summed E-state index contributed by atoms with van der Waals surface area (Å²) < 4.78 is 0. The van der Waals surface area contributed by atoms with Crippen molar-refractivity contribution in [3.63, 3.8) is 0 Å². The molecule has 5 nitrogen and oxygen atoms in total. The number of hydrogen-bond donors (Lipinski definition) is 2. The largest absolute Gasteiger partial charge is 0.366 e. The number of aromatic amines is 1. The molecule has 1 heterocycles. The van der Waals surface area contributed by atoms with Gasteiger partial charge in [-0.15, -0.1) is 0 Å². The van der Waals surface area contributed by atoms with Crippen LogP contribution >= 0.6 is 11.8 Å². The summed E-state index contributed by atoms with van der Waals surface area (Å²) in [6.45, 7) is 1.79. The van der Waals surface area contributed by atoms with Crippen LogP contribution in [0.2, 0.25) is 0 Å². The zero-order valence-corrected chi connectivity index (χ0v) is 11.9. The second kappa shape index (κ2) is 6.38. The van der Waals surface area contributed by atoms with Gasteiger partial charge in [0.2, 0.25) is 5.91 Å². The van der Waals surface area contributed by atoms with Gasteiger partial charge in [0.15, 0.2) is 5.16 Å². The van der Waals surface area contributed by atoms with Gasteiger partial charge in [-0.1, -0.05) is 23.9 Å². The molecule has 0 saturated heterocycles. The number of nitrogens with zero attached hydrogens (tertiary/aromatic N) is 1. The summed E-state index contributed by atoms with van der Waals surface area (Å²) in [5.41, 5.74) is 7.34. The number of aromatic nitrogens is 2. The minimum Gasteiger partial charge on any atom is -0.366 e. The Balaban J connectivity index is 1.97. The molecular weight excluding hydrogens is 274 g/mol. The summed E-state index contributed by atoms with van der Waals surface area (Å²) in [5, 5.41) is 0.612. The molecule has 104 valence electrons. The monoisotopic (exact) mass is 289 g/mol. The van der Waals surface area contributed by atoms with Crippen LogP contribution in [0, 0.1) is 6.92 Å². The van der Waals surface area contributed by atoms with E-state index in [2.05, 4.69) is 9.97 Å². The number of nitrogens with two attached hydrogens (primary N) is 1. The van der Waals surface area contributed by atoms with Gasteiger partial charge < -0.3 is 10.7 Å². The highest BCUT2D eigenvalue weighted by Crippen LogP contribution is 2.14. The molecule has 1 aromatic heterocycles. The van der Waals surface area contributed by atoms with Crippen molar-refractivity contribution in [2.45, 2.75) is 18.5 Å². The Labute approximate surface area is 120 Å². The molecule has 0 aliphatic rings. The van der Waals surface area contributed by atoms with Crippen LogP contribution in [0.4, 0.5) is 0 Å². The molecule has 0 fully saturated rings. The van der Waals surface area contributed by atoms with E-state index in [0.29, 0.717) is 16.4 Å². The fourth-order valence-corrected chi connectivity index (χ4v) is 2.68. The highest BCUT2D eigenvalue weighted by atomic mass is 32.2. The fraction of sp³-hybridized carbons (Fsp3) is 0.214. The Morgan fingerprint density at radius 3 is 2.90 bits per heavy atom. The predicted molar refractivity (Wildman–Crippen MR) is 79.0 cm³/mol. The van der Waals surface area contributed by atoms with E-state index in [9.17, 15) is 9.59 Å². The number of aryl methyl sites for hydroxylation is 2. The summed E-state index contributed by atoms with van der Waals surface area (Å²) in [4.78, 5) is 29.3. The lowest BCUT2D eigenvalue weighted by Crippen LogP contribution is -2.11. The molecule has 0 spiro atoms. The van der Waals surface area contributed by atoms with Gasteiger partial charge in [0.25, 0.3) is 5.56 Å². The molecule has 1 aromatic carbocycles. The van der Waals surface area contributed by atoms with Crippen LogP contribution in [0.5, 0.6) is 0 Å². The maximum atomic E-state index is 11.3. The third kappa shape index (κ3) is 3.96. The summed E-state index contributed by atoms with van der Waals surface area (Å²) in [5.74, 6) is 0.332. The van der Waals surface area contributed by atoms with Gasteiger partial charge in [-0.25, -0.2) is 4.98 Å². The average molecular weight is 289 g/mol. The lowest BCUT2D eigenvalue weighted by molar-refractivity contribution is 0.1000. The van der Waals surface area contributed by atoms with Crippen LogP contribution in [0.15, 0.2) is 40.3 Å². The summed E-state index contributed by atoms with van der Waals surface area (Å²) in [7, 11) is 0. The first kappa shape index (κ1) is 14.3. The van der Waals surface area contributed by atoms with Gasteiger partial charge in [0, 0.05) is 23.1 Å². The van der Waals surface area contributed by atoms with E-state index in [1.54, 1.807) is 19.1 Å². The summed E-state index contributed by atoms with van der Waals surface area (Å²) in [6, 6.07) is 8.70. The van der Waals surface area contributed by atoms with Crippen molar-refractivity contribution in [3.8, 4) is 0 Å². The number of hydrogen-bond acceptors (Lipinski definition) is 4. The Kier molecular flexibility index (Phi) is 4.57. The minimum absolute atomic E-state index is 0.143. The predicted octanol–water partition coefficient (Wildman–Crippen LogP) is 1.51. The van der Waals surface area contributed by atoms with Crippen LogP contribution in [0.3, 0.4) is 0 Å². The maximum absolute atomic E-state index is 11.3. The van der Waals surface area contributed by atoms with Gasteiger partial charge in [0.05, 0.1) is 0 Å². The van der Waals surface area contributed by atoms with Crippen molar-refractivity contribution in [1.29, 1.82) is 0 Å². The first-order chi connectivity index (χ1) is 9.54. The molecule has 0 unspecified atom stereocenters. The Bertz CT molecular complexity index is 682. The Morgan fingerprint density at radius 1 is 1.40 bits per heavy atom. The van der Waals surface area contributed by atoms with E-state index in [-0.39, 0.29) is 5.56 Å². The van der Waals surface area contributed by atoms with Crippen LogP contribution < -0.4 is 11.3 Å². The first-order valence-corrected chi connectivity index (χ1v) is 7.12. The minimum atomic E-state index is -0.427. The number of nitrogens with one attached hydrogen (secondary N) is 1. The maximum Gasteiger partial charge on any atom is 0.251 e. The van der Waals surface area contributed by atoms with Crippen LogP contribution in [0.1, 0.15) is 21.6 Å². The van der Waals surface area contributed by atoms with Gasteiger partial charge in [0.1, 0.15) is 0 Å². The molecule has 0 atom stereocenters. The second-order valence-corrected chi connectivity index (χ2v) is 5.44. The molecule has 3 N–H and O–H groups in total. The molecule has 2 aromatic rings. The van der Waals surface area contributed by atoms with Gasteiger partial charge in [-0.2, -0.15) is 0 Å². The number of carbonyl (C=O) groups is 1. The standard InChI is InChI=1S/C14H15N3O2S/c1-9-7-12(18)17-14(16-9)20-6-5-10-3-2-4-11(8-10)13(15)19/h2-4,7-8H,5-6H2,1H3,(H2,15,19)(H,16,17,18). The highest BCUT2D eigenvalue weighted by Gasteiger charge is 2.03. The van der Waals surface area contributed by atoms with Gasteiger partial charge in [-0.05, 0) is 31.0 Å². The molecular formula is C14H15N3O2S. The van der Waals surface area contributed by atoms with E-state index in [1.807, 2.05) is 12.1 Å². The van der Waals surface area contributed by atoms with Gasteiger partial charge >= 0.3 is 0 Å². The number of amides is 1. The van der Waals surface area contributed by atoms with E-state index in [1.165, 1.54) is 17.8 Å². The quantitative estimate of drug-likeness (QED) is 0.645. The number of benzene rings is 1. The molecule has 0 aliphatic heterocycles. The topological polar surface area (TPSA) is 88.8 Å². The third-order valence-corrected chi connectivity index (χ3v) is 3.56. The lowest BCUT2D eigenvalue weighted by Gasteiger charge is -2.03. The van der Waals surface area contributed by atoms with E-state index >= 15 is 0 Å². The molecule has 0 bridgehead atoms. The smallest absolute Gasteiger partial charge is 0.251 e. The number of rotatable bonds is 5. The van der Waals surface area contributed by atoms with E-state index in [4.69, 9.17) is 5.73 Å². The SMILES string of the molecule is Cc1cc(=O)[nH]c(SCCc2cccc(C(N)=O)c2)n1. The van der Waals surface area contributed by atoms with Crippen LogP contribution in [-0.4, -0.2) is 21.6 Å². The van der Waals surface area contributed by atoms with Crippen molar-refractivity contribution in [2.24, 2.45) is 5.73 Å². The average Bonchev–Trinajstić information content (AvgIpc) is 2.38. The van der Waals surface area contributed by atoms with Crippen molar-refractivity contribution < 1.29 is 4.79 Å². The zero-order chi connectivity index (χ0) is 14.5. The Hall–Kier alpha value is -2.08. The second-order valence-electron chi connectivity index (χ2n) is 4.36. The highest BCUT2D eigenvalue weighted by molar-refractivity contribution is 7.99. The number of thioether (sulfide) groups is 1. The molecule has 0 saturated carbocycles. The third-order valence-electron chi connectivity index (χ3n) is 2.69. The van der Waals surface area contributed by atoms with E-state index < -0.39 is 5.91 Å². The van der Waals surface area contributed by atoms with Crippen molar-refractivity contribution in [2.75, 3.05) is 5.75 Å². The number of H-pyrrole nitrogens is 1. The number of primary amides is 1. The summed E-state index contributed by atoms with van der Waals surface area (Å²) >= 11 is 1.47. The summed E-state index contributed by atoms with van der Waals surface area (Å²) in [6.07, 6.45) is 0.767. The normalized spacial score (nSPS) is 10.4. The number of carbonyl (C=O) groups excluding carboxylic acids is 1. The fourth-order valence-electron chi connectivity index (χ4n) is 1.77. The van der Waals surface area contributed by atoms with Crippen LogP contribution in [0.25, 0.3) is 0 Å². The molecule has 0 radical (unpaired) electrons. The molecule has 1 amide bonds. The molecule has 0 aliphatic carbocycles. The molecule has 6 heteroatoms. The lowest BCUT2D eigenvalue weighted by atomic mass is 10.1. The van der Waals surface area contributed by atoms with Crippen molar-refractivity contribution >= 4 is 17.7 Å². The first-order valence-electron chi connectivity index (χ1n) is 6.14. The van der Waals surface area contributed by atoms with Crippen molar-refractivity contribution in [3.05, 3.63) is 57.5 Å².